The van der Waals surface area contributed by atoms with Gasteiger partial charge in [0, 0.05) is 17.2 Å². The highest BCUT2D eigenvalue weighted by Crippen LogP contribution is 2.46. The Kier molecular flexibility index (Phi) is 3.38. The molecule has 5 heteroatoms. The van der Waals surface area contributed by atoms with Gasteiger partial charge in [0.15, 0.2) is 0 Å². The Balaban J connectivity index is 2.77. The van der Waals surface area contributed by atoms with E-state index < -0.39 is 0 Å². The Bertz CT molecular complexity index is 582. The van der Waals surface area contributed by atoms with Gasteiger partial charge < -0.3 is 10.2 Å². The summed E-state index contributed by atoms with van der Waals surface area (Å²) in [6, 6.07) is 7.79. The third-order valence-corrected chi connectivity index (χ3v) is 3.58. The molecule has 0 amide bonds. The summed E-state index contributed by atoms with van der Waals surface area (Å²) in [6.45, 7) is 0. The fourth-order valence-corrected chi connectivity index (χ4v) is 2.22. The fourth-order valence-electron chi connectivity index (χ4n) is 1.52. The first-order chi connectivity index (χ1) is 8.02. The maximum absolute atomic E-state index is 9.84. The number of phenols is 2. The van der Waals surface area contributed by atoms with E-state index in [1.807, 2.05) is 0 Å². The Labute approximate surface area is 113 Å². The second kappa shape index (κ2) is 4.65. The molecule has 2 aromatic rings. The first-order valence-electron chi connectivity index (χ1n) is 4.67. The van der Waals surface area contributed by atoms with Crippen molar-refractivity contribution in [1.82, 2.24) is 0 Å². The van der Waals surface area contributed by atoms with Crippen molar-refractivity contribution in [3.8, 4) is 22.6 Å². The predicted molar refractivity (Wildman–Crippen MR) is 70.2 cm³/mol. The van der Waals surface area contributed by atoms with Crippen LogP contribution in [-0.4, -0.2) is 10.2 Å². The Hall–Kier alpha value is -1.09. The zero-order valence-corrected chi connectivity index (χ0v) is 10.7. The van der Waals surface area contributed by atoms with Crippen LogP contribution in [0, 0.1) is 0 Å². The van der Waals surface area contributed by atoms with E-state index >= 15 is 0 Å². The topological polar surface area (TPSA) is 40.5 Å². The summed E-state index contributed by atoms with van der Waals surface area (Å²) >= 11 is 17.7. The maximum atomic E-state index is 9.84. The second-order valence-electron chi connectivity index (χ2n) is 3.40. The number of hydrogen-bond acceptors (Lipinski definition) is 2. The van der Waals surface area contributed by atoms with Gasteiger partial charge in [-0.25, -0.2) is 0 Å². The van der Waals surface area contributed by atoms with Crippen LogP contribution in [0.3, 0.4) is 0 Å². The van der Waals surface area contributed by atoms with Gasteiger partial charge in [0.1, 0.15) is 11.5 Å². The van der Waals surface area contributed by atoms with Gasteiger partial charge in [-0.3, -0.25) is 0 Å². The number of aromatic hydroxyl groups is 2. The zero-order chi connectivity index (χ0) is 12.6. The Morgan fingerprint density at radius 1 is 0.824 bits per heavy atom. The fraction of sp³-hybridized carbons (Fsp3) is 0. The zero-order valence-electron chi connectivity index (χ0n) is 8.42. The monoisotopic (exact) mass is 288 g/mol. The molecule has 0 unspecified atom stereocenters. The van der Waals surface area contributed by atoms with Gasteiger partial charge in [0.2, 0.25) is 0 Å². The minimum absolute atomic E-state index is 0.00286. The highest BCUT2D eigenvalue weighted by molar-refractivity contribution is 6.49. The number of phenolic OH excluding ortho intramolecular Hbond substituents is 2. The lowest BCUT2D eigenvalue weighted by Gasteiger charge is -2.11. The van der Waals surface area contributed by atoms with Gasteiger partial charge in [0.05, 0.1) is 15.1 Å². The quantitative estimate of drug-likeness (QED) is 0.745. The third kappa shape index (κ3) is 2.16. The van der Waals surface area contributed by atoms with Crippen molar-refractivity contribution in [3.63, 3.8) is 0 Å². The van der Waals surface area contributed by atoms with Crippen LogP contribution < -0.4 is 0 Å². The lowest BCUT2D eigenvalue weighted by atomic mass is 10.0. The number of para-hydroxylation sites is 1. The first kappa shape index (κ1) is 12.4. The maximum Gasteiger partial charge on any atom is 0.126 e. The Morgan fingerprint density at radius 2 is 1.47 bits per heavy atom. The van der Waals surface area contributed by atoms with Crippen LogP contribution >= 0.6 is 34.8 Å². The SMILES string of the molecule is Oc1ccccc1-c1c(O)cc(Cl)c(Cl)c1Cl. The van der Waals surface area contributed by atoms with Crippen LogP contribution in [0.4, 0.5) is 0 Å². The van der Waals surface area contributed by atoms with Gasteiger partial charge in [-0.2, -0.15) is 0 Å². The number of hydrogen-bond donors (Lipinski definition) is 2. The van der Waals surface area contributed by atoms with Crippen LogP contribution in [0.5, 0.6) is 11.5 Å². The second-order valence-corrected chi connectivity index (χ2v) is 4.56. The molecule has 88 valence electrons. The summed E-state index contributed by atoms with van der Waals surface area (Å²) in [6.07, 6.45) is 0. The molecule has 17 heavy (non-hydrogen) atoms. The highest BCUT2D eigenvalue weighted by Gasteiger charge is 2.17. The van der Waals surface area contributed by atoms with E-state index in [9.17, 15) is 10.2 Å². The average Bonchev–Trinajstić information content (AvgIpc) is 2.29. The number of rotatable bonds is 1. The highest BCUT2D eigenvalue weighted by atomic mass is 35.5. The average molecular weight is 290 g/mol. The summed E-state index contributed by atoms with van der Waals surface area (Å²) in [5.41, 5.74) is 0.660. The molecule has 0 atom stereocenters. The normalized spacial score (nSPS) is 10.5. The minimum Gasteiger partial charge on any atom is -0.507 e. The molecule has 0 aromatic heterocycles. The van der Waals surface area contributed by atoms with E-state index in [2.05, 4.69) is 0 Å². The molecule has 2 aromatic carbocycles. The van der Waals surface area contributed by atoms with E-state index in [0.717, 1.165) is 0 Å². The van der Waals surface area contributed by atoms with Crippen molar-refractivity contribution < 1.29 is 10.2 Å². The van der Waals surface area contributed by atoms with Crippen LogP contribution in [0.1, 0.15) is 0 Å². The van der Waals surface area contributed by atoms with Crippen molar-refractivity contribution in [3.05, 3.63) is 45.4 Å². The van der Waals surface area contributed by atoms with Crippen LogP contribution in [0.25, 0.3) is 11.1 Å². The number of benzene rings is 2. The molecule has 2 N–H and O–H groups in total. The third-order valence-electron chi connectivity index (χ3n) is 2.31. The van der Waals surface area contributed by atoms with Gasteiger partial charge >= 0.3 is 0 Å². The molecule has 0 radical (unpaired) electrons. The molecule has 2 nitrogen and oxygen atoms in total. The van der Waals surface area contributed by atoms with E-state index in [1.54, 1.807) is 18.2 Å². The van der Waals surface area contributed by atoms with Crippen LogP contribution in [-0.2, 0) is 0 Å². The van der Waals surface area contributed by atoms with Gasteiger partial charge in [-0.05, 0) is 6.07 Å². The molecular formula is C12H7Cl3O2. The first-order valence-corrected chi connectivity index (χ1v) is 5.80. The van der Waals surface area contributed by atoms with Gasteiger partial charge in [-0.1, -0.05) is 53.0 Å². The van der Waals surface area contributed by atoms with Crippen molar-refractivity contribution in [2.75, 3.05) is 0 Å². The summed E-state index contributed by atoms with van der Waals surface area (Å²) in [7, 11) is 0. The van der Waals surface area contributed by atoms with Gasteiger partial charge in [0.25, 0.3) is 0 Å². The smallest absolute Gasteiger partial charge is 0.126 e. The van der Waals surface area contributed by atoms with Gasteiger partial charge in [-0.15, -0.1) is 0 Å². The molecule has 0 saturated carbocycles. The summed E-state index contributed by atoms with van der Waals surface area (Å²) in [4.78, 5) is 0. The van der Waals surface area contributed by atoms with Crippen molar-refractivity contribution >= 4 is 34.8 Å². The largest absolute Gasteiger partial charge is 0.507 e. The van der Waals surface area contributed by atoms with Crippen molar-refractivity contribution in [1.29, 1.82) is 0 Å². The predicted octanol–water partition coefficient (Wildman–Crippen LogP) is 4.73. The standard InChI is InChI=1S/C12H7Cl3O2/c13-7-5-9(17)10(12(15)11(7)14)6-3-1-2-4-8(6)16/h1-5,16-17H. The minimum atomic E-state index is -0.133. The van der Waals surface area contributed by atoms with Crippen LogP contribution in [0.2, 0.25) is 15.1 Å². The molecule has 0 aliphatic carbocycles. The Morgan fingerprint density at radius 3 is 2.12 bits per heavy atom. The molecule has 0 spiro atoms. The molecule has 0 heterocycles. The number of halogens is 3. The summed E-state index contributed by atoms with van der Waals surface area (Å²) in [5.74, 6) is -0.131. The molecular weight excluding hydrogens is 282 g/mol. The summed E-state index contributed by atoms with van der Waals surface area (Å²) < 4.78 is 0. The van der Waals surface area contributed by atoms with Crippen molar-refractivity contribution in [2.45, 2.75) is 0 Å². The lowest BCUT2D eigenvalue weighted by molar-refractivity contribution is 0.469. The van der Waals surface area contributed by atoms with E-state index in [-0.39, 0.29) is 32.1 Å². The molecule has 0 fully saturated rings. The van der Waals surface area contributed by atoms with E-state index in [0.29, 0.717) is 5.56 Å². The molecule has 0 aliphatic heterocycles. The van der Waals surface area contributed by atoms with Crippen molar-refractivity contribution in [2.24, 2.45) is 0 Å². The molecule has 0 bridgehead atoms. The lowest BCUT2D eigenvalue weighted by Crippen LogP contribution is -1.84. The molecule has 2 rings (SSSR count). The van der Waals surface area contributed by atoms with Crippen LogP contribution in [0.15, 0.2) is 30.3 Å². The van der Waals surface area contributed by atoms with E-state index in [4.69, 9.17) is 34.8 Å². The molecule has 0 aliphatic rings. The van der Waals surface area contributed by atoms with E-state index in [1.165, 1.54) is 12.1 Å². The summed E-state index contributed by atoms with van der Waals surface area (Å²) in [5, 5.41) is 20.0. The molecule has 0 saturated heterocycles.